The van der Waals surface area contributed by atoms with Crippen LogP contribution in [0, 0.1) is 17.8 Å². The molecule has 2 rings (SSSR count). The van der Waals surface area contributed by atoms with Crippen molar-refractivity contribution >= 4 is 0 Å². The molecule has 1 saturated carbocycles. The number of likely N-dealkylation sites (tertiary alicyclic amines) is 1. The molecule has 1 aliphatic heterocycles. The van der Waals surface area contributed by atoms with Gasteiger partial charge in [-0.25, -0.2) is 0 Å². The van der Waals surface area contributed by atoms with E-state index < -0.39 is 0 Å². The first-order valence-electron chi connectivity index (χ1n) is 5.98. The third kappa shape index (κ3) is 2.25. The zero-order valence-corrected chi connectivity index (χ0v) is 9.13. The number of piperidine rings is 1. The van der Waals surface area contributed by atoms with Gasteiger partial charge in [0.15, 0.2) is 0 Å². The van der Waals surface area contributed by atoms with Gasteiger partial charge in [-0.1, -0.05) is 26.7 Å². The van der Waals surface area contributed by atoms with E-state index in [-0.39, 0.29) is 0 Å². The van der Waals surface area contributed by atoms with Crippen LogP contribution in [0.5, 0.6) is 0 Å². The van der Waals surface area contributed by atoms with Gasteiger partial charge < -0.3 is 4.90 Å². The summed E-state index contributed by atoms with van der Waals surface area (Å²) in [5.74, 6) is 3.01. The standard InChI is InChI=1S/C12H23N/c1-10(2)8-13-7-6-11-4-3-5-12(11)9-13/h10-12H,3-9H2,1-2H3. The highest BCUT2D eigenvalue weighted by atomic mass is 15.1. The summed E-state index contributed by atoms with van der Waals surface area (Å²) < 4.78 is 0. The Labute approximate surface area is 82.5 Å². The van der Waals surface area contributed by atoms with Crippen LogP contribution in [0.2, 0.25) is 0 Å². The van der Waals surface area contributed by atoms with Crippen molar-refractivity contribution in [3.63, 3.8) is 0 Å². The van der Waals surface area contributed by atoms with E-state index in [1.807, 2.05) is 0 Å². The van der Waals surface area contributed by atoms with Gasteiger partial charge in [-0.15, -0.1) is 0 Å². The van der Waals surface area contributed by atoms with Gasteiger partial charge in [0.05, 0.1) is 0 Å². The van der Waals surface area contributed by atoms with Crippen LogP contribution < -0.4 is 0 Å². The van der Waals surface area contributed by atoms with Crippen molar-refractivity contribution < 1.29 is 0 Å². The summed E-state index contributed by atoms with van der Waals surface area (Å²) in [6.07, 6.45) is 6.03. The Morgan fingerprint density at radius 2 is 1.92 bits per heavy atom. The number of nitrogens with zero attached hydrogens (tertiary/aromatic N) is 1. The molecule has 0 N–H and O–H groups in total. The molecule has 2 atom stereocenters. The molecule has 0 aromatic heterocycles. The lowest BCUT2D eigenvalue weighted by Crippen LogP contribution is -2.40. The highest BCUT2D eigenvalue weighted by Gasteiger charge is 2.32. The summed E-state index contributed by atoms with van der Waals surface area (Å²) >= 11 is 0. The summed E-state index contributed by atoms with van der Waals surface area (Å²) in [4.78, 5) is 2.69. The van der Waals surface area contributed by atoms with E-state index in [4.69, 9.17) is 0 Å². The Morgan fingerprint density at radius 3 is 2.69 bits per heavy atom. The highest BCUT2D eigenvalue weighted by Crippen LogP contribution is 2.37. The van der Waals surface area contributed by atoms with Gasteiger partial charge in [-0.2, -0.15) is 0 Å². The van der Waals surface area contributed by atoms with Crippen molar-refractivity contribution in [1.29, 1.82) is 0 Å². The summed E-state index contributed by atoms with van der Waals surface area (Å²) in [7, 11) is 0. The second-order valence-electron chi connectivity index (χ2n) is 5.39. The van der Waals surface area contributed by atoms with Gasteiger partial charge in [0.1, 0.15) is 0 Å². The van der Waals surface area contributed by atoms with Crippen molar-refractivity contribution in [2.75, 3.05) is 19.6 Å². The first-order chi connectivity index (χ1) is 6.25. The summed E-state index contributed by atoms with van der Waals surface area (Å²) in [6.45, 7) is 8.77. The lowest BCUT2D eigenvalue weighted by molar-refractivity contribution is 0.126. The predicted molar refractivity (Wildman–Crippen MR) is 56.7 cm³/mol. The molecule has 1 aliphatic carbocycles. The fourth-order valence-corrected chi connectivity index (χ4v) is 3.19. The molecule has 1 heteroatoms. The first kappa shape index (κ1) is 9.51. The molecule has 0 bridgehead atoms. The minimum absolute atomic E-state index is 0.845. The van der Waals surface area contributed by atoms with Crippen molar-refractivity contribution in [2.45, 2.75) is 39.5 Å². The second-order valence-corrected chi connectivity index (χ2v) is 5.39. The monoisotopic (exact) mass is 181 g/mol. The summed E-state index contributed by atoms with van der Waals surface area (Å²) in [5.41, 5.74) is 0. The van der Waals surface area contributed by atoms with Crippen LogP contribution in [0.4, 0.5) is 0 Å². The minimum Gasteiger partial charge on any atom is -0.303 e. The summed E-state index contributed by atoms with van der Waals surface area (Å²) in [5, 5.41) is 0. The van der Waals surface area contributed by atoms with Gasteiger partial charge in [-0.05, 0) is 37.1 Å². The molecule has 2 unspecified atom stereocenters. The number of fused-ring (bicyclic) bond motifs is 1. The molecule has 1 nitrogen and oxygen atoms in total. The van der Waals surface area contributed by atoms with E-state index in [1.54, 1.807) is 0 Å². The van der Waals surface area contributed by atoms with E-state index in [0.29, 0.717) is 0 Å². The van der Waals surface area contributed by atoms with E-state index in [1.165, 1.54) is 45.3 Å². The van der Waals surface area contributed by atoms with E-state index in [0.717, 1.165) is 17.8 Å². The molecule has 0 aromatic carbocycles. The van der Waals surface area contributed by atoms with Gasteiger partial charge in [0.25, 0.3) is 0 Å². The van der Waals surface area contributed by atoms with Gasteiger partial charge >= 0.3 is 0 Å². The zero-order valence-electron chi connectivity index (χ0n) is 9.13. The molecule has 2 fully saturated rings. The molecule has 0 radical (unpaired) electrons. The Kier molecular flexibility index (Phi) is 2.92. The second kappa shape index (κ2) is 4.00. The SMILES string of the molecule is CC(C)CN1CCC2CCCC2C1. The van der Waals surface area contributed by atoms with Crippen LogP contribution in [0.3, 0.4) is 0 Å². The average Bonchev–Trinajstić information content (AvgIpc) is 2.49. The zero-order chi connectivity index (χ0) is 9.26. The smallest absolute Gasteiger partial charge is 0.00124 e. The van der Waals surface area contributed by atoms with Crippen LogP contribution in [-0.2, 0) is 0 Å². The molecule has 13 heavy (non-hydrogen) atoms. The molecule has 1 heterocycles. The van der Waals surface area contributed by atoms with E-state index >= 15 is 0 Å². The van der Waals surface area contributed by atoms with Crippen LogP contribution >= 0.6 is 0 Å². The van der Waals surface area contributed by atoms with Crippen molar-refractivity contribution in [3.05, 3.63) is 0 Å². The molecular formula is C12H23N. The fourth-order valence-electron chi connectivity index (χ4n) is 3.19. The lowest BCUT2D eigenvalue weighted by atomic mass is 9.88. The van der Waals surface area contributed by atoms with E-state index in [9.17, 15) is 0 Å². The minimum atomic E-state index is 0.845. The maximum Gasteiger partial charge on any atom is 0.00124 e. The molecule has 76 valence electrons. The Hall–Kier alpha value is -0.0400. The normalized spacial score (nSPS) is 35.3. The molecule has 2 aliphatic rings. The Morgan fingerprint density at radius 1 is 1.15 bits per heavy atom. The predicted octanol–water partition coefficient (Wildman–Crippen LogP) is 2.76. The lowest BCUT2D eigenvalue weighted by Gasteiger charge is -2.35. The molecule has 0 aromatic rings. The quantitative estimate of drug-likeness (QED) is 0.633. The van der Waals surface area contributed by atoms with Gasteiger partial charge in [0, 0.05) is 13.1 Å². The number of hydrogen-bond donors (Lipinski definition) is 0. The van der Waals surface area contributed by atoms with E-state index in [2.05, 4.69) is 18.7 Å². The molecule has 0 spiro atoms. The Bertz CT molecular complexity index is 165. The number of rotatable bonds is 2. The van der Waals surface area contributed by atoms with Gasteiger partial charge in [0.2, 0.25) is 0 Å². The third-order valence-electron chi connectivity index (χ3n) is 3.75. The third-order valence-corrected chi connectivity index (χ3v) is 3.75. The van der Waals surface area contributed by atoms with Crippen molar-refractivity contribution in [1.82, 2.24) is 4.90 Å². The molecular weight excluding hydrogens is 158 g/mol. The van der Waals surface area contributed by atoms with Crippen LogP contribution in [0.1, 0.15) is 39.5 Å². The maximum absolute atomic E-state index is 2.69. The summed E-state index contributed by atoms with van der Waals surface area (Å²) in [6, 6.07) is 0. The molecule has 0 amide bonds. The topological polar surface area (TPSA) is 3.24 Å². The maximum atomic E-state index is 2.69. The number of hydrogen-bond acceptors (Lipinski definition) is 1. The van der Waals surface area contributed by atoms with Crippen LogP contribution in [0.25, 0.3) is 0 Å². The van der Waals surface area contributed by atoms with Crippen molar-refractivity contribution in [2.24, 2.45) is 17.8 Å². The van der Waals surface area contributed by atoms with Crippen LogP contribution in [0.15, 0.2) is 0 Å². The molecule has 1 saturated heterocycles. The Balaban J connectivity index is 1.83. The first-order valence-corrected chi connectivity index (χ1v) is 5.98. The largest absolute Gasteiger partial charge is 0.303 e. The van der Waals surface area contributed by atoms with Crippen molar-refractivity contribution in [3.8, 4) is 0 Å². The van der Waals surface area contributed by atoms with Gasteiger partial charge in [-0.3, -0.25) is 0 Å². The van der Waals surface area contributed by atoms with Crippen LogP contribution in [-0.4, -0.2) is 24.5 Å². The average molecular weight is 181 g/mol. The fraction of sp³-hybridized carbons (Fsp3) is 1.00. The highest BCUT2D eigenvalue weighted by molar-refractivity contribution is 4.85.